The third kappa shape index (κ3) is 4.91. The van der Waals surface area contributed by atoms with Gasteiger partial charge < -0.3 is 10.6 Å². The number of carbonyl (C=O) groups is 2. The molecule has 136 valence electrons. The SMILES string of the molecule is O=CNc1ccc(C2CCC(CC(=O)Nc3ccc(F)cc3)CC2)cc1. The van der Waals surface area contributed by atoms with Crippen molar-refractivity contribution in [2.75, 3.05) is 10.6 Å². The summed E-state index contributed by atoms with van der Waals surface area (Å²) in [6, 6.07) is 13.8. The summed E-state index contributed by atoms with van der Waals surface area (Å²) in [5.74, 6) is 0.583. The molecule has 0 radical (unpaired) electrons. The normalized spacial score (nSPS) is 19.6. The molecule has 0 atom stereocenters. The number of benzene rings is 2. The lowest BCUT2D eigenvalue weighted by molar-refractivity contribution is -0.117. The summed E-state index contributed by atoms with van der Waals surface area (Å²) in [4.78, 5) is 22.6. The van der Waals surface area contributed by atoms with E-state index in [0.29, 0.717) is 30.4 Å². The van der Waals surface area contributed by atoms with Crippen LogP contribution in [0.15, 0.2) is 48.5 Å². The van der Waals surface area contributed by atoms with Crippen LogP contribution < -0.4 is 10.6 Å². The van der Waals surface area contributed by atoms with Crippen molar-refractivity contribution < 1.29 is 14.0 Å². The van der Waals surface area contributed by atoms with Gasteiger partial charge >= 0.3 is 0 Å². The number of hydrogen-bond acceptors (Lipinski definition) is 2. The van der Waals surface area contributed by atoms with E-state index >= 15 is 0 Å². The van der Waals surface area contributed by atoms with Gasteiger partial charge in [-0.1, -0.05) is 12.1 Å². The van der Waals surface area contributed by atoms with Gasteiger partial charge in [0.1, 0.15) is 5.82 Å². The Balaban J connectivity index is 1.46. The van der Waals surface area contributed by atoms with Crippen LogP contribution in [0.4, 0.5) is 15.8 Å². The van der Waals surface area contributed by atoms with Gasteiger partial charge in [-0.25, -0.2) is 4.39 Å². The Hall–Kier alpha value is -2.69. The molecule has 2 aromatic rings. The molecule has 0 unspecified atom stereocenters. The van der Waals surface area contributed by atoms with Gasteiger partial charge in [0.15, 0.2) is 0 Å². The van der Waals surface area contributed by atoms with Crippen molar-refractivity contribution in [3.63, 3.8) is 0 Å². The fourth-order valence-corrected chi connectivity index (χ4v) is 3.63. The van der Waals surface area contributed by atoms with Crippen molar-refractivity contribution in [1.82, 2.24) is 0 Å². The molecule has 0 bridgehead atoms. The van der Waals surface area contributed by atoms with Gasteiger partial charge in [-0.15, -0.1) is 0 Å². The lowest BCUT2D eigenvalue weighted by atomic mass is 9.77. The van der Waals surface area contributed by atoms with Crippen molar-refractivity contribution >= 4 is 23.7 Å². The molecule has 5 heteroatoms. The zero-order valence-corrected chi connectivity index (χ0v) is 14.6. The van der Waals surface area contributed by atoms with Crippen molar-refractivity contribution in [3.8, 4) is 0 Å². The van der Waals surface area contributed by atoms with Crippen molar-refractivity contribution in [2.24, 2.45) is 5.92 Å². The molecule has 0 saturated heterocycles. The van der Waals surface area contributed by atoms with Crippen LogP contribution in [-0.4, -0.2) is 12.3 Å². The summed E-state index contributed by atoms with van der Waals surface area (Å²) in [6.07, 6.45) is 5.36. The molecule has 1 saturated carbocycles. The van der Waals surface area contributed by atoms with E-state index in [1.54, 1.807) is 12.1 Å². The van der Waals surface area contributed by atoms with Crippen LogP contribution in [-0.2, 0) is 9.59 Å². The van der Waals surface area contributed by atoms with Crippen LogP contribution in [0.1, 0.15) is 43.6 Å². The van der Waals surface area contributed by atoms with Gasteiger partial charge in [0.25, 0.3) is 0 Å². The highest BCUT2D eigenvalue weighted by Crippen LogP contribution is 2.37. The first kappa shape index (κ1) is 18.1. The Morgan fingerprint density at radius 3 is 2.19 bits per heavy atom. The monoisotopic (exact) mass is 354 g/mol. The van der Waals surface area contributed by atoms with Gasteiger partial charge in [-0.2, -0.15) is 0 Å². The molecular weight excluding hydrogens is 331 g/mol. The molecule has 2 aromatic carbocycles. The fraction of sp³-hybridized carbons (Fsp3) is 0.333. The number of nitrogens with one attached hydrogen (secondary N) is 2. The highest BCUT2D eigenvalue weighted by atomic mass is 19.1. The minimum atomic E-state index is -0.309. The largest absolute Gasteiger partial charge is 0.329 e. The molecule has 4 nitrogen and oxygen atoms in total. The molecule has 2 amide bonds. The summed E-state index contributed by atoms with van der Waals surface area (Å²) in [5.41, 5.74) is 2.72. The van der Waals surface area contributed by atoms with E-state index < -0.39 is 0 Å². The molecule has 2 N–H and O–H groups in total. The number of hydrogen-bond donors (Lipinski definition) is 2. The number of anilines is 2. The lowest BCUT2D eigenvalue weighted by Crippen LogP contribution is -2.20. The van der Waals surface area contributed by atoms with Crippen LogP contribution in [0.5, 0.6) is 0 Å². The first-order valence-electron chi connectivity index (χ1n) is 8.99. The van der Waals surface area contributed by atoms with Gasteiger partial charge in [0, 0.05) is 17.8 Å². The van der Waals surface area contributed by atoms with E-state index in [9.17, 15) is 14.0 Å². The number of carbonyl (C=O) groups excluding carboxylic acids is 2. The molecule has 26 heavy (non-hydrogen) atoms. The maximum atomic E-state index is 12.9. The van der Waals surface area contributed by atoms with E-state index in [4.69, 9.17) is 0 Å². The topological polar surface area (TPSA) is 58.2 Å². The highest BCUT2D eigenvalue weighted by Gasteiger charge is 2.24. The Labute approximate surface area is 152 Å². The number of halogens is 1. The standard InChI is InChI=1S/C21H23FN2O2/c22-18-7-11-20(12-8-18)24-21(26)13-15-1-3-16(4-2-15)17-5-9-19(10-6-17)23-14-25/h5-12,14-16H,1-4,13H2,(H,23,25)(H,24,26). The van der Waals surface area contributed by atoms with E-state index in [0.717, 1.165) is 31.4 Å². The summed E-state index contributed by atoms with van der Waals surface area (Å²) >= 11 is 0. The van der Waals surface area contributed by atoms with Crippen molar-refractivity contribution in [1.29, 1.82) is 0 Å². The Morgan fingerprint density at radius 1 is 0.962 bits per heavy atom. The first-order valence-corrected chi connectivity index (χ1v) is 8.99. The average Bonchev–Trinajstić information content (AvgIpc) is 2.65. The van der Waals surface area contributed by atoms with Crippen LogP contribution in [0.25, 0.3) is 0 Å². The van der Waals surface area contributed by atoms with Crippen LogP contribution in [0, 0.1) is 11.7 Å². The zero-order valence-electron chi connectivity index (χ0n) is 14.6. The molecule has 1 aliphatic carbocycles. The minimum absolute atomic E-state index is 0.00986. The summed E-state index contributed by atoms with van der Waals surface area (Å²) in [7, 11) is 0. The van der Waals surface area contributed by atoms with Crippen LogP contribution in [0.2, 0.25) is 0 Å². The molecule has 1 aliphatic rings. The second-order valence-corrected chi connectivity index (χ2v) is 6.86. The second kappa shape index (κ2) is 8.61. The zero-order chi connectivity index (χ0) is 18.4. The average molecular weight is 354 g/mol. The van der Waals surface area contributed by atoms with Crippen LogP contribution in [0.3, 0.4) is 0 Å². The lowest BCUT2D eigenvalue weighted by Gasteiger charge is -2.28. The molecule has 1 fully saturated rings. The quantitative estimate of drug-likeness (QED) is 0.739. The van der Waals surface area contributed by atoms with Gasteiger partial charge in [-0.05, 0) is 79.5 Å². The maximum Gasteiger partial charge on any atom is 0.224 e. The van der Waals surface area contributed by atoms with Gasteiger partial charge in [0.05, 0.1) is 0 Å². The predicted octanol–water partition coefficient (Wildman–Crippen LogP) is 4.70. The van der Waals surface area contributed by atoms with Gasteiger partial charge in [-0.3, -0.25) is 9.59 Å². The Kier molecular flexibility index (Phi) is 6.00. The smallest absolute Gasteiger partial charge is 0.224 e. The van der Waals surface area contributed by atoms with E-state index in [-0.39, 0.29) is 11.7 Å². The summed E-state index contributed by atoms with van der Waals surface area (Å²) < 4.78 is 12.9. The van der Waals surface area contributed by atoms with Crippen molar-refractivity contribution in [2.45, 2.75) is 38.0 Å². The molecule has 0 spiro atoms. The highest BCUT2D eigenvalue weighted by molar-refractivity contribution is 5.90. The molecule has 0 aliphatic heterocycles. The Bertz CT molecular complexity index is 736. The fourth-order valence-electron chi connectivity index (χ4n) is 3.63. The molecule has 0 aromatic heterocycles. The molecule has 3 rings (SSSR count). The van der Waals surface area contributed by atoms with Crippen molar-refractivity contribution in [3.05, 3.63) is 59.9 Å². The van der Waals surface area contributed by atoms with E-state index in [1.807, 2.05) is 12.1 Å². The third-order valence-electron chi connectivity index (χ3n) is 5.06. The molecule has 0 heterocycles. The molecular formula is C21H23FN2O2. The number of rotatable bonds is 6. The summed E-state index contributed by atoms with van der Waals surface area (Å²) in [6.45, 7) is 0. The van der Waals surface area contributed by atoms with Crippen LogP contribution >= 0.6 is 0 Å². The van der Waals surface area contributed by atoms with E-state index in [2.05, 4.69) is 22.8 Å². The first-order chi connectivity index (χ1) is 12.6. The second-order valence-electron chi connectivity index (χ2n) is 6.86. The number of amides is 2. The third-order valence-corrected chi connectivity index (χ3v) is 5.06. The maximum absolute atomic E-state index is 12.9. The van der Waals surface area contributed by atoms with E-state index in [1.165, 1.54) is 17.7 Å². The minimum Gasteiger partial charge on any atom is -0.329 e. The predicted molar refractivity (Wildman–Crippen MR) is 100 cm³/mol. The van der Waals surface area contributed by atoms with Gasteiger partial charge in [0.2, 0.25) is 12.3 Å². The summed E-state index contributed by atoms with van der Waals surface area (Å²) in [5, 5.41) is 5.48. The Morgan fingerprint density at radius 2 is 1.58 bits per heavy atom.